The van der Waals surface area contributed by atoms with Gasteiger partial charge in [-0.1, -0.05) is 66.2 Å². The summed E-state index contributed by atoms with van der Waals surface area (Å²) >= 11 is 0. The zero-order chi connectivity index (χ0) is 22.9. The summed E-state index contributed by atoms with van der Waals surface area (Å²) in [7, 11) is 0. The molecule has 3 aromatic rings. The number of benzene rings is 3. The first kappa shape index (κ1) is 21.0. The van der Waals surface area contributed by atoms with Crippen molar-refractivity contribution in [2.24, 2.45) is 0 Å². The molecule has 0 aromatic heterocycles. The maximum atomic E-state index is 13.8. The fraction of sp³-hybridized carbons (Fsp3) is 0.214. The van der Waals surface area contributed by atoms with E-state index in [1.807, 2.05) is 80.6 Å². The molecule has 5 nitrogen and oxygen atoms in total. The van der Waals surface area contributed by atoms with Gasteiger partial charge in [0.05, 0.1) is 11.3 Å². The number of hydrogen-bond acceptors (Lipinski definition) is 4. The smallest absolute Gasteiger partial charge is 0.282 e. The van der Waals surface area contributed by atoms with Gasteiger partial charge in [0.1, 0.15) is 5.70 Å². The number of amides is 2. The molecule has 1 fully saturated rings. The van der Waals surface area contributed by atoms with Crippen LogP contribution in [-0.4, -0.2) is 42.9 Å². The number of anilines is 2. The normalized spacial score (nSPS) is 16.7. The number of piperazine rings is 1. The first-order valence-corrected chi connectivity index (χ1v) is 11.4. The van der Waals surface area contributed by atoms with Crippen molar-refractivity contribution >= 4 is 28.8 Å². The van der Waals surface area contributed by atoms with Crippen molar-refractivity contribution in [1.82, 2.24) is 4.90 Å². The fourth-order valence-electron chi connectivity index (χ4n) is 4.65. The van der Waals surface area contributed by atoms with Crippen LogP contribution in [0, 0.1) is 13.8 Å². The fourth-order valence-corrected chi connectivity index (χ4v) is 4.65. The van der Waals surface area contributed by atoms with Crippen molar-refractivity contribution in [2.75, 3.05) is 36.0 Å². The Balaban J connectivity index is 1.52. The Labute approximate surface area is 194 Å². The molecule has 2 aliphatic rings. The highest BCUT2D eigenvalue weighted by atomic mass is 16.2. The lowest BCUT2D eigenvalue weighted by molar-refractivity contribution is -0.120. The Bertz CT molecular complexity index is 1220. The summed E-state index contributed by atoms with van der Waals surface area (Å²) in [5.74, 6) is -0.489. The Morgan fingerprint density at radius 1 is 0.636 bits per heavy atom. The summed E-state index contributed by atoms with van der Waals surface area (Å²) in [4.78, 5) is 33.2. The first-order valence-electron chi connectivity index (χ1n) is 11.4. The van der Waals surface area contributed by atoms with Crippen LogP contribution in [-0.2, 0) is 9.59 Å². The van der Waals surface area contributed by atoms with Crippen LogP contribution in [0.1, 0.15) is 16.7 Å². The molecule has 0 radical (unpaired) electrons. The van der Waals surface area contributed by atoms with E-state index in [1.165, 1.54) is 10.6 Å². The van der Waals surface area contributed by atoms with Gasteiger partial charge in [-0.05, 0) is 43.2 Å². The van der Waals surface area contributed by atoms with Crippen LogP contribution in [0.2, 0.25) is 0 Å². The molecule has 0 atom stereocenters. The third kappa shape index (κ3) is 3.80. The summed E-state index contributed by atoms with van der Waals surface area (Å²) in [6.45, 7) is 6.89. The largest absolute Gasteiger partial charge is 0.368 e. The molecule has 2 amide bonds. The maximum absolute atomic E-state index is 13.8. The Morgan fingerprint density at radius 3 is 1.91 bits per heavy atom. The van der Waals surface area contributed by atoms with Crippen molar-refractivity contribution in [3.05, 3.63) is 101 Å². The molecule has 0 N–H and O–H groups in total. The molecule has 0 bridgehead atoms. The number of nitrogens with zero attached hydrogens (tertiary/aromatic N) is 3. The SMILES string of the molecule is Cc1ccc(C2=C(N3CCN(c4ccccc4)CC3)C(=O)N(c3ccccc3C)C2=O)cc1. The minimum absolute atomic E-state index is 0.238. The van der Waals surface area contributed by atoms with E-state index in [1.54, 1.807) is 0 Å². The Kier molecular flexibility index (Phi) is 5.47. The summed E-state index contributed by atoms with van der Waals surface area (Å²) in [5.41, 5.74) is 5.64. The average molecular weight is 438 g/mol. The van der Waals surface area contributed by atoms with Crippen molar-refractivity contribution in [2.45, 2.75) is 13.8 Å². The van der Waals surface area contributed by atoms with Crippen LogP contribution in [0.4, 0.5) is 11.4 Å². The lowest BCUT2D eigenvalue weighted by Crippen LogP contribution is -2.47. The highest BCUT2D eigenvalue weighted by Gasteiger charge is 2.43. The molecule has 33 heavy (non-hydrogen) atoms. The molecule has 1 saturated heterocycles. The van der Waals surface area contributed by atoms with E-state index < -0.39 is 0 Å². The van der Waals surface area contributed by atoms with Crippen LogP contribution in [0.5, 0.6) is 0 Å². The minimum Gasteiger partial charge on any atom is -0.368 e. The number of carbonyl (C=O) groups excluding carboxylic acids is 2. The lowest BCUT2D eigenvalue weighted by atomic mass is 10.0. The molecule has 166 valence electrons. The highest BCUT2D eigenvalue weighted by Crippen LogP contribution is 2.36. The molecule has 0 aliphatic carbocycles. The van der Waals surface area contributed by atoms with Crippen LogP contribution in [0.25, 0.3) is 5.57 Å². The van der Waals surface area contributed by atoms with Gasteiger partial charge in [-0.3, -0.25) is 9.59 Å². The molecule has 0 saturated carbocycles. The number of aryl methyl sites for hydroxylation is 2. The van der Waals surface area contributed by atoms with Gasteiger partial charge in [0.15, 0.2) is 0 Å². The van der Waals surface area contributed by atoms with E-state index in [4.69, 9.17) is 0 Å². The zero-order valence-electron chi connectivity index (χ0n) is 19.0. The predicted molar refractivity (Wildman–Crippen MR) is 132 cm³/mol. The highest BCUT2D eigenvalue weighted by molar-refractivity contribution is 6.45. The van der Waals surface area contributed by atoms with Gasteiger partial charge in [-0.15, -0.1) is 0 Å². The van der Waals surface area contributed by atoms with Gasteiger partial charge in [-0.2, -0.15) is 0 Å². The van der Waals surface area contributed by atoms with Gasteiger partial charge in [0.25, 0.3) is 11.8 Å². The van der Waals surface area contributed by atoms with Gasteiger partial charge in [-0.25, -0.2) is 4.90 Å². The second kappa shape index (κ2) is 8.58. The summed E-state index contributed by atoms with van der Waals surface area (Å²) in [6, 6.07) is 25.7. The molecule has 5 rings (SSSR count). The third-order valence-electron chi connectivity index (χ3n) is 6.47. The van der Waals surface area contributed by atoms with Crippen molar-refractivity contribution in [3.63, 3.8) is 0 Å². The van der Waals surface area contributed by atoms with E-state index >= 15 is 0 Å². The first-order chi connectivity index (χ1) is 16.0. The minimum atomic E-state index is -0.251. The zero-order valence-corrected chi connectivity index (χ0v) is 19.0. The van der Waals surface area contributed by atoms with Crippen molar-refractivity contribution in [1.29, 1.82) is 0 Å². The van der Waals surface area contributed by atoms with Crippen LogP contribution in [0.15, 0.2) is 84.6 Å². The standard InChI is InChI=1S/C28H27N3O2/c1-20-12-14-22(15-13-20)25-26(28(33)31(27(25)32)24-11-7-6-8-21(24)2)30-18-16-29(17-19-30)23-9-4-3-5-10-23/h3-15H,16-19H2,1-2H3. The molecular formula is C28H27N3O2. The molecule has 2 heterocycles. The molecule has 0 unspecified atom stereocenters. The number of para-hydroxylation sites is 2. The number of rotatable bonds is 4. The molecule has 0 spiro atoms. The van der Waals surface area contributed by atoms with Crippen molar-refractivity contribution < 1.29 is 9.59 Å². The number of imide groups is 1. The van der Waals surface area contributed by atoms with Crippen LogP contribution < -0.4 is 9.80 Å². The van der Waals surface area contributed by atoms with E-state index in [0.29, 0.717) is 30.0 Å². The molecule has 2 aliphatic heterocycles. The summed E-state index contributed by atoms with van der Waals surface area (Å²) in [6.07, 6.45) is 0. The van der Waals surface area contributed by atoms with E-state index in [9.17, 15) is 9.59 Å². The average Bonchev–Trinajstić information content (AvgIpc) is 3.10. The Hall–Kier alpha value is -3.86. The summed E-state index contributed by atoms with van der Waals surface area (Å²) in [5, 5.41) is 0. The van der Waals surface area contributed by atoms with Crippen LogP contribution >= 0.6 is 0 Å². The summed E-state index contributed by atoms with van der Waals surface area (Å²) < 4.78 is 0. The van der Waals surface area contributed by atoms with E-state index in [-0.39, 0.29) is 11.8 Å². The van der Waals surface area contributed by atoms with E-state index in [0.717, 1.165) is 29.8 Å². The molecule has 3 aromatic carbocycles. The molecular weight excluding hydrogens is 410 g/mol. The lowest BCUT2D eigenvalue weighted by Gasteiger charge is -2.37. The number of carbonyl (C=O) groups is 2. The van der Waals surface area contributed by atoms with Gasteiger partial charge < -0.3 is 9.80 Å². The quantitative estimate of drug-likeness (QED) is 0.567. The third-order valence-corrected chi connectivity index (χ3v) is 6.47. The van der Waals surface area contributed by atoms with E-state index in [2.05, 4.69) is 21.9 Å². The second-order valence-electron chi connectivity index (χ2n) is 8.63. The predicted octanol–water partition coefficient (Wildman–Crippen LogP) is 4.41. The van der Waals surface area contributed by atoms with Gasteiger partial charge in [0.2, 0.25) is 0 Å². The maximum Gasteiger partial charge on any atom is 0.282 e. The second-order valence-corrected chi connectivity index (χ2v) is 8.63. The van der Waals surface area contributed by atoms with Gasteiger partial charge in [0, 0.05) is 31.9 Å². The topological polar surface area (TPSA) is 43.9 Å². The number of hydrogen-bond donors (Lipinski definition) is 0. The Morgan fingerprint density at radius 2 is 1.24 bits per heavy atom. The van der Waals surface area contributed by atoms with Gasteiger partial charge >= 0.3 is 0 Å². The van der Waals surface area contributed by atoms with Crippen LogP contribution in [0.3, 0.4) is 0 Å². The van der Waals surface area contributed by atoms with Crippen molar-refractivity contribution in [3.8, 4) is 0 Å². The monoisotopic (exact) mass is 437 g/mol. The molecule has 5 heteroatoms.